The van der Waals surface area contributed by atoms with Crippen molar-refractivity contribution < 1.29 is 27.9 Å². The van der Waals surface area contributed by atoms with Gasteiger partial charge in [0.25, 0.3) is 0 Å². The predicted octanol–water partition coefficient (Wildman–Crippen LogP) is 3.23. The lowest BCUT2D eigenvalue weighted by atomic mass is 10.2. The second-order valence-corrected chi connectivity index (χ2v) is 6.99. The van der Waals surface area contributed by atoms with Crippen LogP contribution in [0.4, 0.5) is 0 Å². The zero-order valence-corrected chi connectivity index (χ0v) is 13.4. The first-order valence-corrected chi connectivity index (χ1v) is 8.53. The molecule has 1 heterocycles. The molecule has 116 valence electrons. The highest BCUT2D eigenvalue weighted by Crippen LogP contribution is 2.49. The van der Waals surface area contributed by atoms with Crippen LogP contribution in [0.2, 0.25) is 0 Å². The van der Waals surface area contributed by atoms with Crippen molar-refractivity contribution in [3.05, 3.63) is 11.8 Å². The molecule has 0 aromatic carbocycles. The van der Waals surface area contributed by atoms with Gasteiger partial charge in [-0.25, -0.2) is 4.79 Å². The van der Waals surface area contributed by atoms with Gasteiger partial charge in [0.15, 0.2) is 0 Å². The summed E-state index contributed by atoms with van der Waals surface area (Å²) < 4.78 is 33.2. The lowest BCUT2D eigenvalue weighted by Crippen LogP contribution is -2.34. The molecule has 7 heteroatoms. The van der Waals surface area contributed by atoms with Gasteiger partial charge >= 0.3 is 13.6 Å². The number of carbonyl (C=O) groups excluding carboxylic acids is 1. The summed E-state index contributed by atoms with van der Waals surface area (Å²) in [7, 11) is -3.03. The maximum Gasteiger partial charge on any atom is 0.337 e. The van der Waals surface area contributed by atoms with Crippen LogP contribution in [-0.4, -0.2) is 31.1 Å². The van der Waals surface area contributed by atoms with E-state index in [1.54, 1.807) is 27.7 Å². The van der Waals surface area contributed by atoms with E-state index in [9.17, 15) is 9.36 Å². The molecule has 0 aliphatic carbocycles. The minimum atomic E-state index is -3.03. The smallest absolute Gasteiger partial charge is 0.337 e. The molecular weight excluding hydrogens is 283 g/mol. The van der Waals surface area contributed by atoms with Crippen LogP contribution in [0, 0.1) is 0 Å². The fourth-order valence-electron chi connectivity index (χ4n) is 1.90. The Morgan fingerprint density at radius 2 is 1.80 bits per heavy atom. The van der Waals surface area contributed by atoms with Gasteiger partial charge < -0.3 is 18.5 Å². The molecule has 1 aliphatic heterocycles. The van der Waals surface area contributed by atoms with E-state index in [1.807, 2.05) is 0 Å². The van der Waals surface area contributed by atoms with Crippen LogP contribution >= 0.6 is 7.60 Å². The maximum atomic E-state index is 12.3. The van der Waals surface area contributed by atoms with Gasteiger partial charge in [0.05, 0.1) is 25.5 Å². The standard InChI is InChI=1S/C13H23O6P/c1-5-16-20(15,17-6-2)9-7-8-11-10-12(14)19-13(3,4)18-11/h10H,5-9H2,1-4H3. The van der Waals surface area contributed by atoms with E-state index in [1.165, 1.54) is 6.08 Å². The highest BCUT2D eigenvalue weighted by atomic mass is 31.2. The van der Waals surface area contributed by atoms with Gasteiger partial charge in [-0.15, -0.1) is 0 Å². The SMILES string of the molecule is CCOP(=O)(CCCC1=CC(=O)OC(C)(C)O1)OCC. The van der Waals surface area contributed by atoms with Crippen LogP contribution in [-0.2, 0) is 27.9 Å². The summed E-state index contributed by atoms with van der Waals surface area (Å²) in [5.74, 6) is -0.843. The number of carbonyl (C=O) groups is 1. The Morgan fingerprint density at radius 3 is 2.30 bits per heavy atom. The Bertz CT molecular complexity index is 405. The monoisotopic (exact) mass is 306 g/mol. The van der Waals surface area contributed by atoms with Gasteiger partial charge in [0.2, 0.25) is 5.79 Å². The average Bonchev–Trinajstić information content (AvgIpc) is 2.26. The number of ether oxygens (including phenoxy) is 2. The van der Waals surface area contributed by atoms with Gasteiger partial charge in [-0.3, -0.25) is 4.57 Å². The summed E-state index contributed by atoms with van der Waals surface area (Å²) in [6.07, 6.45) is 2.65. The van der Waals surface area contributed by atoms with Crippen molar-refractivity contribution in [3.63, 3.8) is 0 Å². The Hall–Kier alpha value is -0.840. The molecule has 0 saturated carbocycles. The van der Waals surface area contributed by atoms with E-state index in [4.69, 9.17) is 18.5 Å². The van der Waals surface area contributed by atoms with Crippen LogP contribution in [0.5, 0.6) is 0 Å². The fraction of sp³-hybridized carbons (Fsp3) is 0.769. The number of esters is 1. The van der Waals surface area contributed by atoms with Crippen molar-refractivity contribution in [2.24, 2.45) is 0 Å². The molecule has 0 bridgehead atoms. The summed E-state index contributed by atoms with van der Waals surface area (Å²) in [4.78, 5) is 11.4. The van der Waals surface area contributed by atoms with Crippen LogP contribution in [0.1, 0.15) is 40.5 Å². The highest BCUT2D eigenvalue weighted by Gasteiger charge is 2.30. The predicted molar refractivity (Wildman–Crippen MR) is 74.3 cm³/mol. The number of hydrogen-bond donors (Lipinski definition) is 0. The topological polar surface area (TPSA) is 71.1 Å². The van der Waals surface area contributed by atoms with Crippen molar-refractivity contribution in [2.75, 3.05) is 19.4 Å². The van der Waals surface area contributed by atoms with E-state index >= 15 is 0 Å². The number of cyclic esters (lactones) is 1. The van der Waals surface area contributed by atoms with Crippen LogP contribution in [0.25, 0.3) is 0 Å². The summed E-state index contributed by atoms with van der Waals surface area (Å²) in [6, 6.07) is 0. The van der Waals surface area contributed by atoms with E-state index in [-0.39, 0.29) is 0 Å². The van der Waals surface area contributed by atoms with E-state index in [2.05, 4.69) is 0 Å². The molecule has 0 fully saturated rings. The Labute approximate surface area is 120 Å². The zero-order chi connectivity index (χ0) is 15.2. The molecule has 6 nitrogen and oxygen atoms in total. The minimum absolute atomic E-state index is 0.296. The molecule has 0 spiro atoms. The van der Waals surface area contributed by atoms with Crippen molar-refractivity contribution >= 4 is 13.6 Å². The average molecular weight is 306 g/mol. The molecular formula is C13H23O6P. The lowest BCUT2D eigenvalue weighted by Gasteiger charge is -2.30. The van der Waals surface area contributed by atoms with Crippen LogP contribution < -0.4 is 0 Å². The molecule has 1 aliphatic rings. The quantitative estimate of drug-likeness (QED) is 0.506. The molecule has 0 amide bonds. The van der Waals surface area contributed by atoms with Gasteiger partial charge in [-0.05, 0) is 20.3 Å². The van der Waals surface area contributed by atoms with Crippen molar-refractivity contribution in [2.45, 2.75) is 46.3 Å². The third-order valence-corrected chi connectivity index (χ3v) is 4.68. The van der Waals surface area contributed by atoms with Gasteiger partial charge in [0.1, 0.15) is 5.76 Å². The summed E-state index contributed by atoms with van der Waals surface area (Å²) in [5.41, 5.74) is 0. The number of rotatable bonds is 8. The zero-order valence-electron chi connectivity index (χ0n) is 12.5. The Balaban J connectivity index is 2.51. The van der Waals surface area contributed by atoms with Crippen LogP contribution in [0.15, 0.2) is 11.8 Å². The number of allylic oxidation sites excluding steroid dienone is 1. The fourth-order valence-corrected chi connectivity index (χ4v) is 3.56. The second kappa shape index (κ2) is 7.25. The van der Waals surface area contributed by atoms with E-state index in [0.717, 1.165) is 0 Å². The van der Waals surface area contributed by atoms with Crippen molar-refractivity contribution in [3.8, 4) is 0 Å². The Kier molecular flexibility index (Phi) is 6.24. The van der Waals surface area contributed by atoms with Crippen molar-refractivity contribution in [1.29, 1.82) is 0 Å². The van der Waals surface area contributed by atoms with Gasteiger partial charge in [-0.1, -0.05) is 0 Å². The first kappa shape index (κ1) is 17.2. The third kappa shape index (κ3) is 5.65. The highest BCUT2D eigenvalue weighted by molar-refractivity contribution is 7.53. The number of hydrogen-bond acceptors (Lipinski definition) is 6. The molecule has 0 aromatic heterocycles. The van der Waals surface area contributed by atoms with Gasteiger partial charge in [-0.2, -0.15) is 0 Å². The third-order valence-electron chi connectivity index (χ3n) is 2.51. The molecule has 0 radical (unpaired) electrons. The van der Waals surface area contributed by atoms with Gasteiger partial charge in [0, 0.05) is 20.3 Å². The summed E-state index contributed by atoms with van der Waals surface area (Å²) >= 11 is 0. The molecule has 0 saturated heterocycles. The molecule has 0 aromatic rings. The summed E-state index contributed by atoms with van der Waals surface area (Å²) in [6.45, 7) is 7.58. The molecule has 0 N–H and O–H groups in total. The second-order valence-electron chi connectivity index (χ2n) is 4.81. The van der Waals surface area contributed by atoms with Crippen molar-refractivity contribution in [1.82, 2.24) is 0 Å². The Morgan fingerprint density at radius 1 is 1.20 bits per heavy atom. The maximum absolute atomic E-state index is 12.3. The van der Waals surface area contributed by atoms with E-state index in [0.29, 0.717) is 38.0 Å². The van der Waals surface area contributed by atoms with E-state index < -0.39 is 19.4 Å². The normalized spacial score (nSPS) is 18.2. The summed E-state index contributed by atoms with van der Waals surface area (Å²) in [5, 5.41) is 0. The minimum Gasteiger partial charge on any atom is -0.457 e. The first-order valence-electron chi connectivity index (χ1n) is 6.81. The lowest BCUT2D eigenvalue weighted by molar-refractivity contribution is -0.205. The largest absolute Gasteiger partial charge is 0.457 e. The van der Waals surface area contributed by atoms with Crippen LogP contribution in [0.3, 0.4) is 0 Å². The molecule has 1 rings (SSSR count). The molecule has 0 atom stereocenters. The molecule has 0 unspecified atom stereocenters. The molecule has 20 heavy (non-hydrogen) atoms. The first-order chi connectivity index (χ1) is 9.30.